The van der Waals surface area contributed by atoms with Gasteiger partial charge in [0.15, 0.2) is 0 Å². The fourth-order valence-corrected chi connectivity index (χ4v) is 3.91. The summed E-state index contributed by atoms with van der Waals surface area (Å²) in [6, 6.07) is 16.2. The van der Waals surface area contributed by atoms with Crippen LogP contribution in [0, 0.1) is 6.92 Å². The zero-order valence-electron chi connectivity index (χ0n) is 16.3. The molecule has 1 aliphatic rings. The van der Waals surface area contributed by atoms with Gasteiger partial charge in [-0.15, -0.1) is 0 Å². The van der Waals surface area contributed by atoms with E-state index in [0.717, 1.165) is 53.0 Å². The number of morpholine rings is 1. The van der Waals surface area contributed by atoms with Gasteiger partial charge in [0.05, 0.1) is 19.8 Å². The minimum atomic E-state index is 0.0515. The molecule has 29 heavy (non-hydrogen) atoms. The average molecular weight is 409 g/mol. The molecule has 4 rings (SSSR count). The van der Waals surface area contributed by atoms with Gasteiger partial charge in [-0.1, -0.05) is 23.9 Å². The van der Waals surface area contributed by atoms with Crippen molar-refractivity contribution in [2.45, 2.75) is 23.5 Å². The minimum Gasteiger partial charge on any atom is -0.392 e. The van der Waals surface area contributed by atoms with E-state index in [2.05, 4.69) is 44.5 Å². The van der Waals surface area contributed by atoms with E-state index in [1.54, 1.807) is 11.8 Å². The molecule has 1 aromatic heterocycles. The second-order valence-electron chi connectivity index (χ2n) is 6.86. The molecule has 0 aliphatic carbocycles. The van der Waals surface area contributed by atoms with Gasteiger partial charge >= 0.3 is 0 Å². The first-order chi connectivity index (χ1) is 14.2. The number of aliphatic hydroxyl groups is 1. The van der Waals surface area contributed by atoms with Crippen molar-refractivity contribution >= 4 is 29.1 Å². The summed E-state index contributed by atoms with van der Waals surface area (Å²) in [6.45, 7) is 5.46. The van der Waals surface area contributed by atoms with Crippen LogP contribution >= 0.6 is 11.8 Å². The normalized spacial score (nSPS) is 14.1. The van der Waals surface area contributed by atoms with Crippen LogP contribution in [0.4, 0.5) is 17.3 Å². The molecule has 2 heterocycles. The van der Waals surface area contributed by atoms with Crippen molar-refractivity contribution in [3.05, 3.63) is 65.9 Å². The Balaban J connectivity index is 1.45. The average Bonchev–Trinajstić information content (AvgIpc) is 2.78. The van der Waals surface area contributed by atoms with Crippen LogP contribution in [0.1, 0.15) is 11.1 Å². The highest BCUT2D eigenvalue weighted by molar-refractivity contribution is 7.99. The number of anilines is 3. The lowest BCUT2D eigenvalue weighted by molar-refractivity contribution is 0.122. The van der Waals surface area contributed by atoms with Crippen LogP contribution in [0.25, 0.3) is 0 Å². The molecule has 0 amide bonds. The predicted molar refractivity (Wildman–Crippen MR) is 116 cm³/mol. The molecule has 7 heteroatoms. The fourth-order valence-electron chi connectivity index (χ4n) is 3.07. The number of hydrogen-bond acceptors (Lipinski definition) is 7. The maximum absolute atomic E-state index is 9.19. The predicted octanol–water partition coefficient (Wildman–Crippen LogP) is 4.01. The van der Waals surface area contributed by atoms with Crippen molar-refractivity contribution in [2.75, 3.05) is 36.5 Å². The molecule has 1 aliphatic heterocycles. The van der Waals surface area contributed by atoms with Crippen LogP contribution in [-0.4, -0.2) is 41.4 Å². The second-order valence-corrected chi connectivity index (χ2v) is 7.92. The summed E-state index contributed by atoms with van der Waals surface area (Å²) in [5, 5.41) is 13.4. The molecular formula is C22H24N4O2S. The highest BCUT2D eigenvalue weighted by atomic mass is 32.2. The Hall–Kier alpha value is -2.61. The number of benzene rings is 2. The number of nitrogens with zero attached hydrogens (tertiary/aromatic N) is 3. The number of aliphatic hydroxyl groups excluding tert-OH is 1. The number of aryl methyl sites for hydroxylation is 1. The first-order valence-electron chi connectivity index (χ1n) is 9.62. The smallest absolute Gasteiger partial charge is 0.228 e. The fraction of sp³-hybridized carbons (Fsp3) is 0.273. The third-order valence-corrected chi connectivity index (χ3v) is 5.86. The Labute approximate surface area is 175 Å². The first-order valence-corrected chi connectivity index (χ1v) is 10.4. The number of rotatable bonds is 6. The van der Waals surface area contributed by atoms with Crippen molar-refractivity contribution in [3.63, 3.8) is 0 Å². The molecule has 3 aromatic rings. The highest BCUT2D eigenvalue weighted by Gasteiger charge is 2.11. The third kappa shape index (κ3) is 5.06. The molecule has 1 fully saturated rings. The molecule has 0 spiro atoms. The lowest BCUT2D eigenvalue weighted by atomic mass is 10.2. The first kappa shape index (κ1) is 19.7. The minimum absolute atomic E-state index is 0.0515. The van der Waals surface area contributed by atoms with Gasteiger partial charge in [-0.3, -0.25) is 0 Å². The van der Waals surface area contributed by atoms with E-state index in [1.165, 1.54) is 5.69 Å². The summed E-state index contributed by atoms with van der Waals surface area (Å²) in [7, 11) is 0. The van der Waals surface area contributed by atoms with E-state index >= 15 is 0 Å². The second kappa shape index (κ2) is 9.26. The van der Waals surface area contributed by atoms with Crippen molar-refractivity contribution in [3.8, 4) is 0 Å². The molecule has 0 bridgehead atoms. The van der Waals surface area contributed by atoms with E-state index in [1.807, 2.05) is 37.4 Å². The molecule has 0 unspecified atom stereocenters. The van der Waals surface area contributed by atoms with Crippen LogP contribution in [0.5, 0.6) is 0 Å². The van der Waals surface area contributed by atoms with Gasteiger partial charge in [0.25, 0.3) is 0 Å². The number of hydrogen-bond donors (Lipinski definition) is 2. The van der Waals surface area contributed by atoms with Crippen molar-refractivity contribution < 1.29 is 9.84 Å². The molecule has 1 saturated heterocycles. The van der Waals surface area contributed by atoms with E-state index < -0.39 is 0 Å². The number of aromatic nitrogens is 2. The SMILES string of the molecule is Cc1cnc(Nc2ccc(N3CCOCC3)cc2)nc1Sc1ccc(CO)cc1. The van der Waals surface area contributed by atoms with Crippen molar-refractivity contribution in [1.82, 2.24) is 9.97 Å². The van der Waals surface area contributed by atoms with Gasteiger partial charge in [-0.2, -0.15) is 0 Å². The molecule has 0 saturated carbocycles. The van der Waals surface area contributed by atoms with Gasteiger partial charge < -0.3 is 20.1 Å². The maximum Gasteiger partial charge on any atom is 0.228 e. The Bertz CT molecular complexity index is 942. The van der Waals surface area contributed by atoms with Crippen LogP contribution in [-0.2, 0) is 11.3 Å². The van der Waals surface area contributed by atoms with Crippen LogP contribution in [0.3, 0.4) is 0 Å². The molecule has 2 aromatic carbocycles. The van der Waals surface area contributed by atoms with Gasteiger partial charge in [-0.25, -0.2) is 9.97 Å². The maximum atomic E-state index is 9.19. The summed E-state index contributed by atoms with van der Waals surface area (Å²) < 4.78 is 5.42. The van der Waals surface area contributed by atoms with E-state index in [0.29, 0.717) is 5.95 Å². The quantitative estimate of drug-likeness (QED) is 0.597. The monoisotopic (exact) mass is 408 g/mol. The highest BCUT2D eigenvalue weighted by Crippen LogP contribution is 2.30. The van der Waals surface area contributed by atoms with Crippen LogP contribution in [0.2, 0.25) is 0 Å². The van der Waals surface area contributed by atoms with Gasteiger partial charge in [0.1, 0.15) is 5.03 Å². The standard InChI is InChI=1S/C22H24N4O2S/c1-16-14-23-22(25-21(16)29-20-8-2-17(15-27)3-9-20)24-18-4-6-19(7-5-18)26-10-12-28-13-11-26/h2-9,14,27H,10-13,15H2,1H3,(H,23,24,25). The summed E-state index contributed by atoms with van der Waals surface area (Å²) >= 11 is 1.59. The lowest BCUT2D eigenvalue weighted by Gasteiger charge is -2.28. The molecular weight excluding hydrogens is 384 g/mol. The van der Waals surface area contributed by atoms with Gasteiger partial charge in [0.2, 0.25) is 5.95 Å². The summed E-state index contributed by atoms with van der Waals surface area (Å²) in [5.41, 5.74) is 4.08. The zero-order valence-corrected chi connectivity index (χ0v) is 17.2. The van der Waals surface area contributed by atoms with Crippen LogP contribution < -0.4 is 10.2 Å². The van der Waals surface area contributed by atoms with E-state index in [4.69, 9.17) is 4.74 Å². The Morgan fingerprint density at radius 1 is 1.07 bits per heavy atom. The molecule has 6 nitrogen and oxygen atoms in total. The Morgan fingerprint density at radius 2 is 1.79 bits per heavy atom. The topological polar surface area (TPSA) is 70.5 Å². The van der Waals surface area contributed by atoms with E-state index in [9.17, 15) is 5.11 Å². The van der Waals surface area contributed by atoms with Crippen molar-refractivity contribution in [2.24, 2.45) is 0 Å². The summed E-state index contributed by atoms with van der Waals surface area (Å²) in [6.07, 6.45) is 1.84. The summed E-state index contributed by atoms with van der Waals surface area (Å²) in [4.78, 5) is 12.5. The largest absolute Gasteiger partial charge is 0.392 e. The van der Waals surface area contributed by atoms with Crippen molar-refractivity contribution in [1.29, 1.82) is 0 Å². The molecule has 0 radical (unpaired) electrons. The molecule has 150 valence electrons. The van der Waals surface area contributed by atoms with Gasteiger partial charge in [-0.05, 0) is 48.9 Å². The molecule has 0 atom stereocenters. The Morgan fingerprint density at radius 3 is 2.48 bits per heavy atom. The van der Waals surface area contributed by atoms with E-state index in [-0.39, 0.29) is 6.61 Å². The van der Waals surface area contributed by atoms with Crippen LogP contribution in [0.15, 0.2) is 64.6 Å². The van der Waals surface area contributed by atoms with Gasteiger partial charge in [0, 0.05) is 41.1 Å². The zero-order chi connectivity index (χ0) is 20.1. The lowest BCUT2D eigenvalue weighted by Crippen LogP contribution is -2.36. The molecule has 2 N–H and O–H groups in total. The summed E-state index contributed by atoms with van der Waals surface area (Å²) in [5.74, 6) is 0.573. The Kier molecular flexibility index (Phi) is 6.29. The third-order valence-electron chi connectivity index (χ3n) is 4.75. The number of ether oxygens (including phenoxy) is 1. The number of nitrogens with one attached hydrogen (secondary N) is 1.